The highest BCUT2D eigenvalue weighted by Crippen LogP contribution is 2.23. The second-order valence-corrected chi connectivity index (χ2v) is 2.59. The van der Waals surface area contributed by atoms with Crippen LogP contribution in [0.2, 0.25) is 0 Å². The lowest BCUT2D eigenvalue weighted by Crippen LogP contribution is -2.07. The third-order valence-corrected chi connectivity index (χ3v) is 1.78. The fraction of sp³-hybridized carbons (Fsp3) is 0. The van der Waals surface area contributed by atoms with Crippen molar-refractivity contribution < 1.29 is 0 Å². The average Bonchev–Trinajstić information content (AvgIpc) is 2.42. The van der Waals surface area contributed by atoms with Gasteiger partial charge in [0.2, 0.25) is 0 Å². The van der Waals surface area contributed by atoms with Crippen LogP contribution in [0.15, 0.2) is 18.5 Å². The maximum absolute atomic E-state index is 5.67. The number of rotatable bonds is 0. The van der Waals surface area contributed by atoms with Gasteiger partial charge in [0.25, 0.3) is 0 Å². The average molecular weight is 163 g/mol. The number of aromatic nitrogens is 2. The molecule has 1 heterocycles. The first-order valence-electron chi connectivity index (χ1n) is 3.46. The number of nitrogen functional groups attached to an aromatic ring is 3. The Hall–Kier alpha value is -1.91. The Labute approximate surface area is 68.7 Å². The molecular formula is C7H9N5. The summed E-state index contributed by atoms with van der Waals surface area (Å²) < 4.78 is 1.36. The normalized spacial score (nSPS) is 10.7. The van der Waals surface area contributed by atoms with Crippen molar-refractivity contribution in [3.8, 4) is 0 Å². The minimum absolute atomic E-state index is 0.583. The smallest absolute Gasteiger partial charge is 0.115 e. The summed E-state index contributed by atoms with van der Waals surface area (Å²) in [5.41, 5.74) is 13.8. The quantitative estimate of drug-likeness (QED) is 0.373. The summed E-state index contributed by atoms with van der Waals surface area (Å²) in [6.45, 7) is 0. The van der Waals surface area contributed by atoms with E-state index in [0.29, 0.717) is 22.4 Å². The zero-order valence-electron chi connectivity index (χ0n) is 6.36. The number of nitrogens with zero attached hydrogens (tertiary/aromatic N) is 2. The van der Waals surface area contributed by atoms with Crippen molar-refractivity contribution in [2.45, 2.75) is 0 Å². The van der Waals surface area contributed by atoms with Crippen LogP contribution in [0.4, 0.5) is 11.4 Å². The Balaban J connectivity index is 2.98. The van der Waals surface area contributed by atoms with E-state index in [2.05, 4.69) is 4.98 Å². The number of fused-ring (bicyclic) bond motifs is 1. The Morgan fingerprint density at radius 1 is 1.17 bits per heavy atom. The van der Waals surface area contributed by atoms with Gasteiger partial charge in [0, 0.05) is 0 Å². The Kier molecular flexibility index (Phi) is 1.15. The Morgan fingerprint density at radius 2 is 1.83 bits per heavy atom. The van der Waals surface area contributed by atoms with E-state index >= 15 is 0 Å². The van der Waals surface area contributed by atoms with Gasteiger partial charge in [0.15, 0.2) is 0 Å². The molecule has 12 heavy (non-hydrogen) atoms. The molecule has 0 aliphatic heterocycles. The summed E-state index contributed by atoms with van der Waals surface area (Å²) in [7, 11) is 0. The van der Waals surface area contributed by atoms with Crippen molar-refractivity contribution in [1.82, 2.24) is 9.66 Å². The lowest BCUT2D eigenvalue weighted by atomic mass is 10.2. The molecule has 6 N–H and O–H groups in total. The van der Waals surface area contributed by atoms with Gasteiger partial charge in [-0.2, -0.15) is 0 Å². The third kappa shape index (κ3) is 0.701. The number of benzene rings is 1. The van der Waals surface area contributed by atoms with E-state index in [1.807, 2.05) is 0 Å². The SMILES string of the molecule is Nc1ccc(N)c2c1ncn2N. The fourth-order valence-electron chi connectivity index (χ4n) is 1.20. The monoisotopic (exact) mass is 163 g/mol. The first-order chi connectivity index (χ1) is 5.70. The zero-order valence-corrected chi connectivity index (χ0v) is 6.36. The Bertz CT molecular complexity index is 431. The highest BCUT2D eigenvalue weighted by Gasteiger charge is 2.06. The van der Waals surface area contributed by atoms with Gasteiger partial charge in [-0.1, -0.05) is 0 Å². The molecule has 0 radical (unpaired) electrons. The predicted molar refractivity (Wildman–Crippen MR) is 48.7 cm³/mol. The van der Waals surface area contributed by atoms with Crippen LogP contribution in [0.3, 0.4) is 0 Å². The number of anilines is 2. The van der Waals surface area contributed by atoms with Crippen molar-refractivity contribution in [2.24, 2.45) is 0 Å². The standard InChI is InChI=1S/C7H9N5/c8-4-1-2-5(9)7-6(4)11-3-12(7)10/h1-3H,8-10H2. The predicted octanol–water partition coefficient (Wildman–Crippen LogP) is -0.0855. The molecule has 62 valence electrons. The molecule has 0 saturated heterocycles. The van der Waals surface area contributed by atoms with Crippen molar-refractivity contribution in [2.75, 3.05) is 17.3 Å². The number of nitrogens with two attached hydrogens (primary N) is 3. The lowest BCUT2D eigenvalue weighted by molar-refractivity contribution is 1.04. The van der Waals surface area contributed by atoms with Gasteiger partial charge in [0.1, 0.15) is 17.4 Å². The highest BCUT2D eigenvalue weighted by molar-refractivity contribution is 5.95. The molecule has 0 aliphatic carbocycles. The third-order valence-electron chi connectivity index (χ3n) is 1.78. The summed E-state index contributed by atoms with van der Waals surface area (Å²) >= 11 is 0. The van der Waals surface area contributed by atoms with Crippen molar-refractivity contribution in [3.63, 3.8) is 0 Å². The first-order valence-corrected chi connectivity index (χ1v) is 3.46. The number of hydrogen-bond acceptors (Lipinski definition) is 4. The zero-order chi connectivity index (χ0) is 8.72. The van der Waals surface area contributed by atoms with Crippen LogP contribution >= 0.6 is 0 Å². The number of hydrogen-bond donors (Lipinski definition) is 3. The molecule has 2 aromatic rings. The minimum Gasteiger partial charge on any atom is -0.397 e. The van der Waals surface area contributed by atoms with Gasteiger partial charge in [-0.25, -0.2) is 9.66 Å². The van der Waals surface area contributed by atoms with Crippen molar-refractivity contribution >= 4 is 22.4 Å². The Morgan fingerprint density at radius 3 is 2.50 bits per heavy atom. The summed E-state index contributed by atoms with van der Waals surface area (Å²) in [6.07, 6.45) is 1.48. The molecule has 5 heteroatoms. The molecule has 0 bridgehead atoms. The van der Waals surface area contributed by atoms with E-state index in [9.17, 15) is 0 Å². The van der Waals surface area contributed by atoms with Crippen LogP contribution in [-0.4, -0.2) is 9.66 Å². The molecule has 0 aliphatic rings. The van der Waals surface area contributed by atoms with E-state index < -0.39 is 0 Å². The molecule has 1 aromatic heterocycles. The topological polar surface area (TPSA) is 95.9 Å². The highest BCUT2D eigenvalue weighted by atomic mass is 15.3. The molecule has 1 aromatic carbocycles. The molecule has 0 saturated carbocycles. The second-order valence-electron chi connectivity index (χ2n) is 2.59. The van der Waals surface area contributed by atoms with E-state index in [0.717, 1.165) is 0 Å². The van der Waals surface area contributed by atoms with E-state index in [4.69, 9.17) is 17.3 Å². The molecule has 0 amide bonds. The van der Waals surface area contributed by atoms with Crippen molar-refractivity contribution in [3.05, 3.63) is 18.5 Å². The molecule has 0 unspecified atom stereocenters. The van der Waals surface area contributed by atoms with Crippen LogP contribution in [0.25, 0.3) is 11.0 Å². The van der Waals surface area contributed by atoms with Crippen LogP contribution in [0, 0.1) is 0 Å². The fourth-order valence-corrected chi connectivity index (χ4v) is 1.20. The number of imidazole rings is 1. The second kappa shape index (κ2) is 2.04. The van der Waals surface area contributed by atoms with Gasteiger partial charge in [0.05, 0.1) is 11.4 Å². The summed E-state index contributed by atoms with van der Waals surface area (Å²) in [6, 6.07) is 3.42. The minimum atomic E-state index is 0.583. The maximum atomic E-state index is 5.67. The van der Waals surface area contributed by atoms with E-state index in [-0.39, 0.29) is 0 Å². The molecule has 5 nitrogen and oxygen atoms in total. The van der Waals surface area contributed by atoms with Crippen LogP contribution < -0.4 is 17.3 Å². The van der Waals surface area contributed by atoms with Gasteiger partial charge in [-0.3, -0.25) is 0 Å². The van der Waals surface area contributed by atoms with Crippen molar-refractivity contribution in [1.29, 1.82) is 0 Å². The van der Waals surface area contributed by atoms with Crippen LogP contribution in [0.1, 0.15) is 0 Å². The van der Waals surface area contributed by atoms with Gasteiger partial charge in [-0.15, -0.1) is 0 Å². The van der Waals surface area contributed by atoms with Crippen LogP contribution in [0.5, 0.6) is 0 Å². The first kappa shape index (κ1) is 6.78. The maximum Gasteiger partial charge on any atom is 0.115 e. The molecule has 2 rings (SSSR count). The molecule has 0 spiro atoms. The van der Waals surface area contributed by atoms with E-state index in [1.54, 1.807) is 12.1 Å². The summed E-state index contributed by atoms with van der Waals surface area (Å²) in [4.78, 5) is 4.01. The van der Waals surface area contributed by atoms with Gasteiger partial charge >= 0.3 is 0 Å². The molecule has 0 atom stereocenters. The molecular weight excluding hydrogens is 154 g/mol. The largest absolute Gasteiger partial charge is 0.397 e. The van der Waals surface area contributed by atoms with Gasteiger partial charge < -0.3 is 17.3 Å². The molecule has 0 fully saturated rings. The summed E-state index contributed by atoms with van der Waals surface area (Å²) in [5, 5.41) is 0. The van der Waals surface area contributed by atoms with E-state index in [1.165, 1.54) is 11.0 Å². The summed E-state index contributed by atoms with van der Waals surface area (Å²) in [5.74, 6) is 5.56. The lowest BCUT2D eigenvalue weighted by Gasteiger charge is -2.00. The van der Waals surface area contributed by atoms with Gasteiger partial charge in [-0.05, 0) is 12.1 Å². The van der Waals surface area contributed by atoms with Crippen LogP contribution in [-0.2, 0) is 0 Å².